The molecular formula is C10H11BrN2O4. The van der Waals surface area contributed by atoms with Crippen LogP contribution in [0.25, 0.3) is 0 Å². The molecule has 2 amide bonds. The van der Waals surface area contributed by atoms with Crippen LogP contribution < -0.4 is 16.0 Å². The van der Waals surface area contributed by atoms with Crippen molar-refractivity contribution in [3.63, 3.8) is 0 Å². The maximum atomic E-state index is 11.5. The minimum atomic E-state index is -0.666. The number of halogens is 1. The number of carbonyl (C=O) groups excluding carboxylic acids is 2. The van der Waals surface area contributed by atoms with Crippen LogP contribution in [0.1, 0.15) is 10.4 Å². The van der Waals surface area contributed by atoms with Gasteiger partial charge in [-0.3, -0.25) is 14.4 Å². The number of amides is 2. The Bertz CT molecular complexity index is 436. The van der Waals surface area contributed by atoms with Crippen LogP contribution in [0.2, 0.25) is 0 Å². The van der Waals surface area contributed by atoms with E-state index in [0.717, 1.165) is 0 Å². The Kier molecular flexibility index (Phi) is 4.92. The zero-order chi connectivity index (χ0) is 12.8. The molecule has 0 saturated carbocycles. The van der Waals surface area contributed by atoms with Gasteiger partial charge in [0.1, 0.15) is 5.75 Å². The molecule has 7 heteroatoms. The summed E-state index contributed by atoms with van der Waals surface area (Å²) in [4.78, 5) is 26.5. The number of carbonyl (C=O) groups is 2. The maximum absolute atomic E-state index is 11.5. The van der Waals surface area contributed by atoms with Gasteiger partial charge in [-0.1, -0.05) is 0 Å². The molecule has 0 radical (unpaired) electrons. The lowest BCUT2D eigenvalue weighted by Gasteiger charge is -2.07. The molecule has 6 nitrogen and oxygen atoms in total. The van der Waals surface area contributed by atoms with Crippen molar-refractivity contribution in [1.29, 1.82) is 0 Å². The van der Waals surface area contributed by atoms with E-state index in [1.165, 1.54) is 7.11 Å². The molecule has 0 fully saturated rings. The number of methoxy groups -OCH3 is 1. The molecule has 0 saturated heterocycles. The minimum Gasteiger partial charge on any atom is -0.496 e. The molecule has 0 heterocycles. The lowest BCUT2D eigenvalue weighted by molar-refractivity contribution is -0.124. The van der Waals surface area contributed by atoms with Crippen molar-refractivity contribution in [2.75, 3.05) is 13.7 Å². The summed E-state index contributed by atoms with van der Waals surface area (Å²) in [6.45, 7) is -0.372. The summed E-state index contributed by atoms with van der Waals surface area (Å²) in [5.41, 5.74) is 7.30. The highest BCUT2D eigenvalue weighted by molar-refractivity contribution is 9.10. The topological polar surface area (TPSA) is 90.7 Å². The summed E-state index contributed by atoms with van der Waals surface area (Å²) in [6.07, 6.45) is 0. The number of rotatable bonds is 5. The first-order chi connectivity index (χ1) is 8.04. The molecule has 0 spiro atoms. The molecule has 0 bridgehead atoms. The van der Waals surface area contributed by atoms with E-state index in [1.807, 2.05) is 0 Å². The third kappa shape index (κ3) is 4.04. The van der Waals surface area contributed by atoms with Crippen molar-refractivity contribution in [3.8, 4) is 5.75 Å². The first kappa shape index (κ1) is 13.5. The van der Waals surface area contributed by atoms with Gasteiger partial charge in [-0.05, 0) is 34.1 Å². The van der Waals surface area contributed by atoms with Gasteiger partial charge in [-0.15, -0.1) is 0 Å². The third-order valence-corrected chi connectivity index (χ3v) is 2.41. The predicted octanol–water partition coefficient (Wildman–Crippen LogP) is 0.604. The second-order valence-corrected chi connectivity index (χ2v) is 3.89. The summed E-state index contributed by atoms with van der Waals surface area (Å²) >= 11 is 3.25. The van der Waals surface area contributed by atoms with Crippen molar-refractivity contribution in [1.82, 2.24) is 5.48 Å². The number of hydrogen-bond acceptors (Lipinski definition) is 4. The van der Waals surface area contributed by atoms with E-state index in [9.17, 15) is 9.59 Å². The van der Waals surface area contributed by atoms with Gasteiger partial charge in [0, 0.05) is 5.56 Å². The molecule has 0 atom stereocenters. The van der Waals surface area contributed by atoms with Crippen molar-refractivity contribution in [3.05, 3.63) is 28.2 Å². The molecule has 0 aliphatic carbocycles. The molecule has 1 aromatic rings. The van der Waals surface area contributed by atoms with Crippen molar-refractivity contribution in [2.24, 2.45) is 5.73 Å². The summed E-state index contributed by atoms with van der Waals surface area (Å²) < 4.78 is 5.66. The average molecular weight is 303 g/mol. The van der Waals surface area contributed by atoms with Gasteiger partial charge in [-0.2, -0.15) is 0 Å². The highest BCUT2D eigenvalue weighted by Gasteiger charge is 2.09. The lowest BCUT2D eigenvalue weighted by Crippen LogP contribution is -2.29. The smallest absolute Gasteiger partial charge is 0.274 e. The number of primary amides is 1. The van der Waals surface area contributed by atoms with Crippen LogP contribution in [-0.2, 0) is 9.63 Å². The number of hydroxylamine groups is 1. The molecular weight excluding hydrogens is 292 g/mol. The summed E-state index contributed by atoms with van der Waals surface area (Å²) in [5.74, 6) is -0.532. The second-order valence-electron chi connectivity index (χ2n) is 3.04. The van der Waals surface area contributed by atoms with E-state index < -0.39 is 11.8 Å². The fourth-order valence-corrected chi connectivity index (χ4v) is 1.58. The molecule has 0 aliphatic heterocycles. The van der Waals surface area contributed by atoms with Gasteiger partial charge in [0.2, 0.25) is 5.91 Å². The Morgan fingerprint density at radius 2 is 2.18 bits per heavy atom. The highest BCUT2D eigenvalue weighted by Crippen LogP contribution is 2.25. The first-order valence-corrected chi connectivity index (χ1v) is 5.38. The molecule has 3 N–H and O–H groups in total. The van der Waals surface area contributed by atoms with Crippen molar-refractivity contribution in [2.45, 2.75) is 0 Å². The number of nitrogens with two attached hydrogens (primary N) is 1. The molecule has 0 unspecified atom stereocenters. The summed E-state index contributed by atoms with van der Waals surface area (Å²) in [7, 11) is 1.52. The van der Waals surface area contributed by atoms with Gasteiger partial charge in [0.25, 0.3) is 5.91 Å². The zero-order valence-corrected chi connectivity index (χ0v) is 10.6. The Morgan fingerprint density at radius 3 is 2.71 bits per heavy atom. The number of ether oxygens (including phenoxy) is 1. The van der Waals surface area contributed by atoms with Gasteiger partial charge in [0.15, 0.2) is 6.61 Å². The lowest BCUT2D eigenvalue weighted by atomic mass is 10.2. The van der Waals surface area contributed by atoms with Crippen LogP contribution in [-0.4, -0.2) is 25.5 Å². The monoisotopic (exact) mass is 302 g/mol. The Morgan fingerprint density at radius 1 is 1.47 bits per heavy atom. The number of benzene rings is 1. The highest BCUT2D eigenvalue weighted by atomic mass is 79.9. The van der Waals surface area contributed by atoms with E-state index in [2.05, 4.69) is 26.2 Å². The third-order valence-electron chi connectivity index (χ3n) is 1.79. The Labute approximate surface area is 106 Å². The predicted molar refractivity (Wildman–Crippen MR) is 63.3 cm³/mol. The van der Waals surface area contributed by atoms with Gasteiger partial charge < -0.3 is 10.5 Å². The number of hydrogen-bond donors (Lipinski definition) is 2. The van der Waals surface area contributed by atoms with Gasteiger partial charge in [0.05, 0.1) is 11.6 Å². The molecule has 1 rings (SSSR count). The molecule has 17 heavy (non-hydrogen) atoms. The van der Waals surface area contributed by atoms with E-state index in [-0.39, 0.29) is 6.61 Å². The Hall–Kier alpha value is -1.60. The van der Waals surface area contributed by atoms with Crippen LogP contribution in [0.3, 0.4) is 0 Å². The van der Waals surface area contributed by atoms with Gasteiger partial charge in [-0.25, -0.2) is 5.48 Å². The van der Waals surface area contributed by atoms with E-state index in [4.69, 9.17) is 10.5 Å². The molecule has 0 aromatic heterocycles. The van der Waals surface area contributed by atoms with Crippen LogP contribution in [0.15, 0.2) is 22.7 Å². The minimum absolute atomic E-state index is 0.363. The average Bonchev–Trinajstić information content (AvgIpc) is 2.28. The fourth-order valence-electron chi connectivity index (χ4n) is 1.04. The summed E-state index contributed by atoms with van der Waals surface area (Å²) in [6, 6.07) is 4.77. The van der Waals surface area contributed by atoms with E-state index >= 15 is 0 Å². The number of nitrogens with one attached hydrogen (secondary N) is 1. The fraction of sp³-hybridized carbons (Fsp3) is 0.200. The Balaban J connectivity index is 2.63. The molecule has 92 valence electrons. The van der Waals surface area contributed by atoms with E-state index in [1.54, 1.807) is 18.2 Å². The quantitative estimate of drug-likeness (QED) is 0.780. The normalized spacial score (nSPS) is 9.76. The largest absolute Gasteiger partial charge is 0.496 e. The van der Waals surface area contributed by atoms with Crippen molar-refractivity contribution < 1.29 is 19.2 Å². The maximum Gasteiger partial charge on any atom is 0.274 e. The second kappa shape index (κ2) is 6.21. The summed E-state index contributed by atoms with van der Waals surface area (Å²) in [5, 5.41) is 0. The molecule has 0 aliphatic rings. The van der Waals surface area contributed by atoms with Crippen LogP contribution in [0.4, 0.5) is 0 Å². The van der Waals surface area contributed by atoms with Crippen molar-refractivity contribution >= 4 is 27.7 Å². The standard InChI is InChI=1S/C10H11BrN2O4/c1-16-8-3-2-6(4-7(8)11)10(15)13-17-5-9(12)14/h2-4H,5H2,1H3,(H2,12,14)(H,13,15). The van der Waals surface area contributed by atoms with Crippen LogP contribution in [0.5, 0.6) is 5.75 Å². The van der Waals surface area contributed by atoms with Crippen LogP contribution in [0, 0.1) is 0 Å². The van der Waals surface area contributed by atoms with Gasteiger partial charge >= 0.3 is 0 Å². The first-order valence-electron chi connectivity index (χ1n) is 4.58. The zero-order valence-electron chi connectivity index (χ0n) is 9.03. The molecule has 1 aromatic carbocycles. The van der Waals surface area contributed by atoms with Crippen LogP contribution >= 0.6 is 15.9 Å². The SMILES string of the molecule is COc1ccc(C(=O)NOCC(N)=O)cc1Br. The van der Waals surface area contributed by atoms with E-state index in [0.29, 0.717) is 15.8 Å².